The van der Waals surface area contributed by atoms with Crippen molar-refractivity contribution in [1.29, 1.82) is 0 Å². The monoisotopic (exact) mass is 359 g/mol. The van der Waals surface area contributed by atoms with E-state index in [1.165, 1.54) is 4.90 Å². The number of imide groups is 1. The van der Waals surface area contributed by atoms with Gasteiger partial charge in [-0.25, -0.2) is 9.59 Å². The average Bonchev–Trinajstić information content (AvgIpc) is 3.22. The minimum Gasteiger partial charge on any atom is -0.480 e. The minimum absolute atomic E-state index is 0.317. The number of likely N-dealkylation sites (tertiary alicyclic amines) is 1. The second-order valence-corrected chi connectivity index (χ2v) is 6.53. The first-order valence-electron chi connectivity index (χ1n) is 8.62. The van der Waals surface area contributed by atoms with Gasteiger partial charge in [0.15, 0.2) is 0 Å². The van der Waals surface area contributed by atoms with Crippen LogP contribution in [0.25, 0.3) is 0 Å². The zero-order valence-electron chi connectivity index (χ0n) is 14.5. The van der Waals surface area contributed by atoms with Gasteiger partial charge in [0.1, 0.15) is 18.1 Å². The van der Waals surface area contributed by atoms with Crippen molar-refractivity contribution in [2.75, 3.05) is 13.1 Å². The van der Waals surface area contributed by atoms with Crippen molar-refractivity contribution >= 4 is 23.8 Å². The molecule has 2 N–H and O–H groups in total. The van der Waals surface area contributed by atoms with Crippen molar-refractivity contribution in [3.8, 4) is 0 Å². The number of carbonyl (C=O) groups is 4. The molecule has 2 aliphatic heterocycles. The molecule has 4 amide bonds. The van der Waals surface area contributed by atoms with Gasteiger partial charge in [-0.2, -0.15) is 0 Å². The van der Waals surface area contributed by atoms with E-state index in [2.05, 4.69) is 5.32 Å². The molecule has 1 aromatic rings. The van der Waals surface area contributed by atoms with Gasteiger partial charge in [0.05, 0.1) is 0 Å². The largest absolute Gasteiger partial charge is 0.480 e. The number of aliphatic carboxylic acids is 1. The summed E-state index contributed by atoms with van der Waals surface area (Å²) in [5.41, 5.74) is -0.545. The van der Waals surface area contributed by atoms with Gasteiger partial charge >= 0.3 is 12.0 Å². The average molecular weight is 359 g/mol. The van der Waals surface area contributed by atoms with Crippen molar-refractivity contribution in [2.45, 2.75) is 37.8 Å². The molecule has 8 heteroatoms. The Kier molecular flexibility index (Phi) is 4.67. The third kappa shape index (κ3) is 2.81. The molecular formula is C18H21N3O5. The van der Waals surface area contributed by atoms with E-state index >= 15 is 0 Å². The van der Waals surface area contributed by atoms with Gasteiger partial charge in [0.2, 0.25) is 5.91 Å². The number of nitrogens with one attached hydrogen (secondary N) is 1. The van der Waals surface area contributed by atoms with Gasteiger partial charge < -0.3 is 15.3 Å². The highest BCUT2D eigenvalue weighted by molar-refractivity contribution is 6.09. The van der Waals surface area contributed by atoms with Crippen LogP contribution in [0, 0.1) is 0 Å². The Morgan fingerprint density at radius 2 is 1.96 bits per heavy atom. The minimum atomic E-state index is -1.20. The summed E-state index contributed by atoms with van der Waals surface area (Å²) in [6.45, 7) is 1.65. The first kappa shape index (κ1) is 17.9. The molecule has 0 bridgehead atoms. The molecule has 0 aromatic heterocycles. The van der Waals surface area contributed by atoms with Gasteiger partial charge in [0, 0.05) is 6.54 Å². The van der Waals surface area contributed by atoms with Crippen LogP contribution in [0.15, 0.2) is 30.3 Å². The standard InChI is InChI=1S/C18H21N3O5/c1-2-18(12-7-4-3-5-8-12)16(25)21(17(26)19-18)11-14(22)20-10-6-9-13(20)15(23)24/h3-5,7-8,13H,2,6,9-11H2,1H3,(H,19,26)(H,23,24)/t13-,18+/m0/s1. The van der Waals surface area contributed by atoms with Crippen molar-refractivity contribution in [3.05, 3.63) is 35.9 Å². The summed E-state index contributed by atoms with van der Waals surface area (Å²) in [5, 5.41) is 11.9. The van der Waals surface area contributed by atoms with E-state index in [1.54, 1.807) is 31.2 Å². The van der Waals surface area contributed by atoms with E-state index in [1.807, 2.05) is 6.07 Å². The smallest absolute Gasteiger partial charge is 0.326 e. The molecular weight excluding hydrogens is 338 g/mol. The SMILES string of the molecule is CC[C@]1(c2ccccc2)NC(=O)N(CC(=O)N2CCC[C@H]2C(=O)O)C1=O. The lowest BCUT2D eigenvalue weighted by Crippen LogP contribution is -2.48. The molecule has 2 atom stereocenters. The van der Waals surface area contributed by atoms with Crippen molar-refractivity contribution in [3.63, 3.8) is 0 Å². The number of amides is 4. The number of hydrogen-bond acceptors (Lipinski definition) is 4. The lowest BCUT2D eigenvalue weighted by atomic mass is 9.87. The number of carboxylic acid groups (broad SMARTS) is 1. The van der Waals surface area contributed by atoms with Gasteiger partial charge in [-0.3, -0.25) is 14.5 Å². The van der Waals surface area contributed by atoms with E-state index in [0.717, 1.165) is 4.90 Å². The molecule has 0 saturated carbocycles. The first-order chi connectivity index (χ1) is 12.4. The van der Waals surface area contributed by atoms with E-state index in [9.17, 15) is 24.3 Å². The molecule has 8 nitrogen and oxygen atoms in total. The number of carbonyl (C=O) groups excluding carboxylic acids is 3. The summed E-state index contributed by atoms with van der Waals surface area (Å²) in [7, 11) is 0. The molecule has 0 unspecified atom stereocenters. The summed E-state index contributed by atoms with van der Waals surface area (Å²) in [5.74, 6) is -2.09. The van der Waals surface area contributed by atoms with E-state index < -0.39 is 41.9 Å². The quantitative estimate of drug-likeness (QED) is 0.760. The number of urea groups is 1. The maximum Gasteiger partial charge on any atom is 0.326 e. The van der Waals surface area contributed by atoms with Crippen LogP contribution in [0.5, 0.6) is 0 Å². The molecule has 138 valence electrons. The Bertz CT molecular complexity index is 750. The Morgan fingerprint density at radius 3 is 2.58 bits per heavy atom. The number of nitrogens with zero attached hydrogens (tertiary/aromatic N) is 2. The normalized spacial score (nSPS) is 25.5. The highest BCUT2D eigenvalue weighted by atomic mass is 16.4. The van der Waals surface area contributed by atoms with E-state index in [4.69, 9.17) is 0 Å². The van der Waals surface area contributed by atoms with Crippen molar-refractivity contribution in [2.24, 2.45) is 0 Å². The Balaban J connectivity index is 1.81. The zero-order chi connectivity index (χ0) is 18.9. The molecule has 0 radical (unpaired) electrons. The Hall–Kier alpha value is -2.90. The molecule has 0 aliphatic carbocycles. The second-order valence-electron chi connectivity index (χ2n) is 6.53. The summed E-state index contributed by atoms with van der Waals surface area (Å²) in [4.78, 5) is 51.3. The van der Waals surface area contributed by atoms with Crippen LogP contribution < -0.4 is 5.32 Å². The summed E-state index contributed by atoms with van der Waals surface area (Å²) < 4.78 is 0. The van der Waals surface area contributed by atoms with Crippen molar-refractivity contribution in [1.82, 2.24) is 15.1 Å². The predicted molar refractivity (Wildman–Crippen MR) is 91.0 cm³/mol. The molecule has 2 aliphatic rings. The topological polar surface area (TPSA) is 107 Å². The van der Waals surface area contributed by atoms with Crippen LogP contribution in [-0.4, -0.2) is 57.9 Å². The van der Waals surface area contributed by atoms with Crippen molar-refractivity contribution < 1.29 is 24.3 Å². The van der Waals surface area contributed by atoms with Crippen LogP contribution in [0.1, 0.15) is 31.7 Å². The lowest BCUT2D eigenvalue weighted by molar-refractivity contribution is -0.149. The van der Waals surface area contributed by atoms with Gasteiger partial charge in [-0.1, -0.05) is 37.3 Å². The van der Waals surface area contributed by atoms with Crippen LogP contribution in [0.3, 0.4) is 0 Å². The molecule has 2 saturated heterocycles. The Labute approximate surface area is 150 Å². The van der Waals surface area contributed by atoms with Crippen LogP contribution in [0.2, 0.25) is 0 Å². The molecule has 1 aromatic carbocycles. The fraction of sp³-hybridized carbons (Fsp3) is 0.444. The summed E-state index contributed by atoms with van der Waals surface area (Å²) >= 11 is 0. The van der Waals surface area contributed by atoms with Crippen LogP contribution in [0.4, 0.5) is 4.79 Å². The Morgan fingerprint density at radius 1 is 1.27 bits per heavy atom. The number of benzene rings is 1. The molecule has 0 spiro atoms. The van der Waals surface area contributed by atoms with Crippen LogP contribution >= 0.6 is 0 Å². The fourth-order valence-electron chi connectivity index (χ4n) is 3.68. The second kappa shape index (κ2) is 6.78. The molecule has 3 rings (SSSR count). The van der Waals surface area contributed by atoms with E-state index in [-0.39, 0.29) is 0 Å². The third-order valence-corrected chi connectivity index (χ3v) is 5.12. The third-order valence-electron chi connectivity index (χ3n) is 5.12. The maximum absolute atomic E-state index is 13.0. The van der Waals surface area contributed by atoms with Gasteiger partial charge in [0.25, 0.3) is 5.91 Å². The highest BCUT2D eigenvalue weighted by Gasteiger charge is 2.52. The first-order valence-corrected chi connectivity index (χ1v) is 8.62. The summed E-state index contributed by atoms with van der Waals surface area (Å²) in [6, 6.07) is 7.36. The zero-order valence-corrected chi connectivity index (χ0v) is 14.5. The predicted octanol–water partition coefficient (Wildman–Crippen LogP) is 0.919. The highest BCUT2D eigenvalue weighted by Crippen LogP contribution is 2.32. The van der Waals surface area contributed by atoms with E-state index in [0.29, 0.717) is 31.4 Å². The van der Waals surface area contributed by atoms with Gasteiger partial charge in [-0.05, 0) is 24.8 Å². The number of carboxylic acids is 1. The molecule has 2 heterocycles. The number of hydrogen-bond donors (Lipinski definition) is 2. The van der Waals surface area contributed by atoms with Crippen LogP contribution in [-0.2, 0) is 19.9 Å². The summed E-state index contributed by atoms with van der Waals surface area (Å²) in [6.07, 6.45) is 1.31. The molecule has 26 heavy (non-hydrogen) atoms. The van der Waals surface area contributed by atoms with Gasteiger partial charge in [-0.15, -0.1) is 0 Å². The lowest BCUT2D eigenvalue weighted by Gasteiger charge is -2.26. The maximum atomic E-state index is 13.0. The fourth-order valence-corrected chi connectivity index (χ4v) is 3.68. The number of rotatable bonds is 5. The molecule has 2 fully saturated rings.